The van der Waals surface area contributed by atoms with Crippen molar-refractivity contribution in [1.29, 1.82) is 0 Å². The molecule has 1 aliphatic rings. The minimum atomic E-state index is -0.592. The van der Waals surface area contributed by atoms with E-state index in [0.717, 1.165) is 5.56 Å². The average molecular weight is 330 g/mol. The number of amides is 1. The summed E-state index contributed by atoms with van der Waals surface area (Å²) in [6.45, 7) is 0.693. The van der Waals surface area contributed by atoms with Gasteiger partial charge < -0.3 is 14.7 Å². The van der Waals surface area contributed by atoms with Gasteiger partial charge in [0.25, 0.3) is 5.91 Å². The van der Waals surface area contributed by atoms with Crippen molar-refractivity contribution in [1.82, 2.24) is 9.88 Å². The topological polar surface area (TPSA) is 62.7 Å². The second kappa shape index (κ2) is 6.97. The van der Waals surface area contributed by atoms with Crippen LogP contribution in [-0.2, 0) is 6.42 Å². The Balaban J connectivity index is 1.69. The maximum absolute atomic E-state index is 13.8. The molecule has 0 saturated carbocycles. The van der Waals surface area contributed by atoms with Crippen molar-refractivity contribution in [3.05, 3.63) is 59.7 Å². The number of hydrogen-bond acceptors (Lipinski definition) is 4. The van der Waals surface area contributed by atoms with E-state index < -0.39 is 11.9 Å². The zero-order valence-corrected chi connectivity index (χ0v) is 13.4. The van der Waals surface area contributed by atoms with Crippen molar-refractivity contribution in [3.63, 3.8) is 0 Å². The summed E-state index contributed by atoms with van der Waals surface area (Å²) in [4.78, 5) is 18.1. The Hall–Kier alpha value is -2.47. The summed E-state index contributed by atoms with van der Waals surface area (Å²) >= 11 is 0. The number of methoxy groups -OCH3 is 1. The molecule has 1 aliphatic heterocycles. The van der Waals surface area contributed by atoms with E-state index in [4.69, 9.17) is 4.74 Å². The number of aliphatic hydroxyl groups is 1. The van der Waals surface area contributed by atoms with Crippen LogP contribution in [0.5, 0.6) is 5.75 Å². The molecule has 0 bridgehead atoms. The highest BCUT2D eigenvalue weighted by Gasteiger charge is 2.34. The number of benzene rings is 1. The molecule has 0 spiro atoms. The Bertz CT molecular complexity index is 723. The molecule has 24 heavy (non-hydrogen) atoms. The Morgan fingerprint density at radius 3 is 2.75 bits per heavy atom. The number of halogens is 1. The summed E-state index contributed by atoms with van der Waals surface area (Å²) in [5.41, 5.74) is 1.32. The molecule has 3 rings (SSSR count). The summed E-state index contributed by atoms with van der Waals surface area (Å²) in [6.07, 6.45) is 3.49. The lowest BCUT2D eigenvalue weighted by Gasteiger charge is -2.16. The fraction of sp³-hybridized carbons (Fsp3) is 0.333. The number of aliphatic hydroxyl groups excluding tert-OH is 1. The Morgan fingerprint density at radius 1 is 1.33 bits per heavy atom. The van der Waals surface area contributed by atoms with E-state index in [9.17, 15) is 14.3 Å². The van der Waals surface area contributed by atoms with Gasteiger partial charge in [-0.15, -0.1) is 0 Å². The number of rotatable bonds is 4. The highest BCUT2D eigenvalue weighted by atomic mass is 19.1. The van der Waals surface area contributed by atoms with Gasteiger partial charge in [-0.25, -0.2) is 4.39 Å². The molecule has 1 aromatic carbocycles. The molecule has 126 valence electrons. The van der Waals surface area contributed by atoms with Crippen LogP contribution in [0.4, 0.5) is 4.39 Å². The SMILES string of the molecule is COc1ccc(C(=O)N2C[C@@H](Cc3ccncc3)[C@@H](O)C2)cc1F. The third-order valence-electron chi connectivity index (χ3n) is 4.34. The molecule has 1 fully saturated rings. The number of likely N-dealkylation sites (tertiary alicyclic amines) is 1. The largest absolute Gasteiger partial charge is 0.494 e. The van der Waals surface area contributed by atoms with Crippen LogP contribution in [0.1, 0.15) is 15.9 Å². The first kappa shape index (κ1) is 16.4. The fourth-order valence-corrected chi connectivity index (χ4v) is 3.02. The minimum absolute atomic E-state index is 0.0422. The number of carbonyl (C=O) groups excluding carboxylic acids is 1. The summed E-state index contributed by atoms with van der Waals surface area (Å²) in [5.74, 6) is -0.799. The van der Waals surface area contributed by atoms with Crippen molar-refractivity contribution in [3.8, 4) is 5.75 Å². The summed E-state index contributed by atoms with van der Waals surface area (Å²) in [6, 6.07) is 7.94. The van der Waals surface area contributed by atoms with Crippen LogP contribution < -0.4 is 4.74 Å². The number of hydrogen-bond donors (Lipinski definition) is 1. The first-order valence-electron chi connectivity index (χ1n) is 7.78. The maximum atomic E-state index is 13.8. The molecule has 1 saturated heterocycles. The molecule has 0 aliphatic carbocycles. The summed E-state index contributed by atoms with van der Waals surface area (Å²) in [7, 11) is 1.38. The molecule has 1 amide bonds. The van der Waals surface area contributed by atoms with Crippen LogP contribution in [0.25, 0.3) is 0 Å². The van der Waals surface area contributed by atoms with Gasteiger partial charge in [0.1, 0.15) is 0 Å². The zero-order chi connectivity index (χ0) is 17.1. The molecule has 1 aromatic heterocycles. The Kier molecular flexibility index (Phi) is 4.76. The molecule has 2 heterocycles. The van der Waals surface area contributed by atoms with Crippen LogP contribution in [0, 0.1) is 11.7 Å². The second-order valence-electron chi connectivity index (χ2n) is 5.95. The van der Waals surface area contributed by atoms with Crippen LogP contribution in [0.3, 0.4) is 0 Å². The molecule has 5 nitrogen and oxygen atoms in total. The van der Waals surface area contributed by atoms with E-state index in [1.54, 1.807) is 17.3 Å². The monoisotopic (exact) mass is 330 g/mol. The van der Waals surface area contributed by atoms with Crippen molar-refractivity contribution in [2.75, 3.05) is 20.2 Å². The first-order valence-corrected chi connectivity index (χ1v) is 7.78. The van der Waals surface area contributed by atoms with Gasteiger partial charge >= 0.3 is 0 Å². The second-order valence-corrected chi connectivity index (χ2v) is 5.95. The van der Waals surface area contributed by atoms with E-state index >= 15 is 0 Å². The van der Waals surface area contributed by atoms with Crippen LogP contribution in [0.15, 0.2) is 42.7 Å². The van der Waals surface area contributed by atoms with Gasteiger partial charge in [0.2, 0.25) is 0 Å². The molecule has 2 atom stereocenters. The van der Waals surface area contributed by atoms with Gasteiger partial charge in [-0.2, -0.15) is 0 Å². The van der Waals surface area contributed by atoms with Gasteiger partial charge in [0.05, 0.1) is 13.2 Å². The standard InChI is InChI=1S/C18H19FN2O3/c1-24-17-3-2-13(9-15(17)19)18(23)21-10-14(16(22)11-21)8-12-4-6-20-7-5-12/h2-7,9,14,16,22H,8,10-11H2,1H3/t14-,16+/m1/s1. The first-order chi connectivity index (χ1) is 11.6. The molecule has 6 heteroatoms. The Morgan fingerprint density at radius 2 is 2.08 bits per heavy atom. The predicted octanol–water partition coefficient (Wildman–Crippen LogP) is 1.90. The number of aromatic nitrogens is 1. The number of nitrogens with zero attached hydrogens (tertiary/aromatic N) is 2. The van der Waals surface area contributed by atoms with Crippen LogP contribution >= 0.6 is 0 Å². The lowest BCUT2D eigenvalue weighted by atomic mass is 9.97. The molecular weight excluding hydrogens is 311 g/mol. The van der Waals surface area contributed by atoms with E-state index in [1.165, 1.54) is 25.3 Å². The van der Waals surface area contributed by atoms with E-state index in [1.807, 2.05) is 12.1 Å². The van der Waals surface area contributed by atoms with Crippen molar-refractivity contribution in [2.24, 2.45) is 5.92 Å². The van der Waals surface area contributed by atoms with Gasteiger partial charge in [-0.1, -0.05) is 0 Å². The van der Waals surface area contributed by atoms with E-state index in [2.05, 4.69) is 4.98 Å². The van der Waals surface area contributed by atoms with Crippen molar-refractivity contribution in [2.45, 2.75) is 12.5 Å². The zero-order valence-electron chi connectivity index (χ0n) is 13.4. The van der Waals surface area contributed by atoms with Gasteiger partial charge in [-0.05, 0) is 42.3 Å². The minimum Gasteiger partial charge on any atom is -0.494 e. The molecule has 0 radical (unpaired) electrons. The van der Waals surface area contributed by atoms with Crippen molar-refractivity contribution >= 4 is 5.91 Å². The number of carbonyl (C=O) groups is 1. The summed E-state index contributed by atoms with van der Waals surface area (Å²) in [5, 5.41) is 10.2. The molecule has 1 N–H and O–H groups in total. The van der Waals surface area contributed by atoms with Gasteiger partial charge in [0.15, 0.2) is 11.6 Å². The van der Waals surface area contributed by atoms with Gasteiger partial charge in [0, 0.05) is 37.0 Å². The van der Waals surface area contributed by atoms with Gasteiger partial charge in [-0.3, -0.25) is 9.78 Å². The summed E-state index contributed by atoms with van der Waals surface area (Å²) < 4.78 is 18.6. The van der Waals surface area contributed by atoms with Crippen LogP contribution in [-0.4, -0.2) is 47.2 Å². The maximum Gasteiger partial charge on any atom is 0.254 e. The predicted molar refractivity (Wildman–Crippen MR) is 86.3 cm³/mol. The van der Waals surface area contributed by atoms with Crippen molar-refractivity contribution < 1.29 is 19.0 Å². The van der Waals surface area contributed by atoms with E-state index in [-0.39, 0.29) is 29.7 Å². The quantitative estimate of drug-likeness (QED) is 0.930. The number of pyridine rings is 1. The third kappa shape index (κ3) is 3.38. The average Bonchev–Trinajstić information content (AvgIpc) is 2.96. The lowest BCUT2D eigenvalue weighted by molar-refractivity contribution is 0.0764. The number of β-amino-alcohol motifs (C(OH)–C–C–N with tert-alkyl or cyclic N) is 1. The third-order valence-corrected chi connectivity index (χ3v) is 4.34. The highest BCUT2D eigenvalue weighted by molar-refractivity contribution is 5.94. The van der Waals surface area contributed by atoms with Crippen LogP contribution in [0.2, 0.25) is 0 Å². The highest BCUT2D eigenvalue weighted by Crippen LogP contribution is 2.24. The smallest absolute Gasteiger partial charge is 0.254 e. The lowest BCUT2D eigenvalue weighted by Crippen LogP contribution is -2.29. The molecule has 0 unspecified atom stereocenters. The van der Waals surface area contributed by atoms with E-state index in [0.29, 0.717) is 13.0 Å². The Labute approximate surface area is 139 Å². The normalized spacial score (nSPS) is 20.2. The molecular formula is C18H19FN2O3. The number of ether oxygens (including phenoxy) is 1. The molecule has 2 aromatic rings. The fourth-order valence-electron chi connectivity index (χ4n) is 3.02.